The summed E-state index contributed by atoms with van der Waals surface area (Å²) in [6.07, 6.45) is 3.91. The van der Waals surface area contributed by atoms with Crippen LogP contribution in [0.15, 0.2) is 16.7 Å². The number of fused-ring (bicyclic) bond motifs is 1. The monoisotopic (exact) mass is 365 g/mol. The minimum absolute atomic E-state index is 0.137. The van der Waals surface area contributed by atoms with Gasteiger partial charge in [0.05, 0.1) is 10.9 Å². The van der Waals surface area contributed by atoms with Gasteiger partial charge in [0.2, 0.25) is 0 Å². The highest BCUT2D eigenvalue weighted by Crippen LogP contribution is 2.36. The Kier molecular flexibility index (Phi) is 3.65. The van der Waals surface area contributed by atoms with E-state index < -0.39 is 11.6 Å². The number of aryl methyl sites for hydroxylation is 1. The summed E-state index contributed by atoms with van der Waals surface area (Å²) in [4.78, 5) is 27.2. The summed E-state index contributed by atoms with van der Waals surface area (Å²) in [7, 11) is 0. The third-order valence-electron chi connectivity index (χ3n) is 4.68. The zero-order valence-electron chi connectivity index (χ0n) is 13.1. The third-order valence-corrected chi connectivity index (χ3v) is 6.13. The lowest BCUT2D eigenvalue weighted by atomic mass is 9.96. The predicted octanol–water partition coefficient (Wildman–Crippen LogP) is 3.24. The molecule has 2 aromatic rings. The van der Waals surface area contributed by atoms with Crippen molar-refractivity contribution in [3.63, 3.8) is 0 Å². The van der Waals surface area contributed by atoms with Gasteiger partial charge in [0, 0.05) is 16.9 Å². The van der Waals surface area contributed by atoms with Crippen LogP contribution >= 0.6 is 22.9 Å². The lowest BCUT2D eigenvalue weighted by molar-refractivity contribution is -0.131. The van der Waals surface area contributed by atoms with Crippen LogP contribution in [0.2, 0.25) is 4.34 Å². The van der Waals surface area contributed by atoms with E-state index in [-0.39, 0.29) is 12.5 Å². The van der Waals surface area contributed by atoms with Crippen LogP contribution in [0.25, 0.3) is 0 Å². The molecule has 24 heavy (non-hydrogen) atoms. The van der Waals surface area contributed by atoms with Crippen LogP contribution in [0.4, 0.5) is 4.79 Å². The first-order chi connectivity index (χ1) is 11.5. The Morgan fingerprint density at radius 3 is 2.92 bits per heavy atom. The summed E-state index contributed by atoms with van der Waals surface area (Å²) >= 11 is 7.27. The van der Waals surface area contributed by atoms with Crippen LogP contribution in [0.5, 0.6) is 0 Å². The van der Waals surface area contributed by atoms with E-state index in [1.807, 2.05) is 0 Å². The fourth-order valence-corrected chi connectivity index (χ4v) is 4.45. The Morgan fingerprint density at radius 2 is 2.17 bits per heavy atom. The van der Waals surface area contributed by atoms with Crippen molar-refractivity contribution in [2.45, 2.75) is 44.7 Å². The molecule has 1 aliphatic carbocycles. The van der Waals surface area contributed by atoms with Crippen molar-refractivity contribution >= 4 is 34.9 Å². The van der Waals surface area contributed by atoms with Gasteiger partial charge in [0.15, 0.2) is 5.54 Å². The summed E-state index contributed by atoms with van der Waals surface area (Å²) in [6.45, 7) is 1.84. The number of rotatable bonds is 3. The number of amides is 3. The van der Waals surface area contributed by atoms with Gasteiger partial charge < -0.3 is 9.84 Å². The zero-order chi connectivity index (χ0) is 16.9. The number of hydrogen-bond acceptors (Lipinski definition) is 5. The zero-order valence-corrected chi connectivity index (χ0v) is 14.7. The van der Waals surface area contributed by atoms with E-state index in [0.717, 1.165) is 41.9 Å². The fourth-order valence-electron chi connectivity index (χ4n) is 3.31. The van der Waals surface area contributed by atoms with Crippen LogP contribution in [0.1, 0.15) is 41.7 Å². The molecule has 4 rings (SSSR count). The molecule has 2 aromatic heterocycles. The molecule has 3 amide bonds. The van der Waals surface area contributed by atoms with Crippen LogP contribution < -0.4 is 5.32 Å². The van der Waals surface area contributed by atoms with Gasteiger partial charge >= 0.3 is 6.03 Å². The molecule has 0 spiro atoms. The van der Waals surface area contributed by atoms with E-state index in [9.17, 15) is 9.59 Å². The molecule has 1 fully saturated rings. The molecule has 1 aliphatic heterocycles. The number of aromatic nitrogens is 1. The van der Waals surface area contributed by atoms with Gasteiger partial charge in [-0.3, -0.25) is 9.69 Å². The third kappa shape index (κ3) is 2.34. The number of urea groups is 1. The molecule has 0 saturated carbocycles. The van der Waals surface area contributed by atoms with Crippen molar-refractivity contribution in [2.24, 2.45) is 0 Å². The number of thiophene rings is 1. The molecule has 0 radical (unpaired) electrons. The SMILES string of the molecule is CC1(c2ccc(Cl)s2)NC(=O)N(Cc2noc3c2CCCC3)C1=O. The second-order valence-electron chi connectivity index (χ2n) is 6.29. The second kappa shape index (κ2) is 5.60. The smallest absolute Gasteiger partial charge is 0.325 e. The van der Waals surface area contributed by atoms with Gasteiger partial charge in [-0.25, -0.2) is 4.79 Å². The lowest BCUT2D eigenvalue weighted by Gasteiger charge is -2.20. The summed E-state index contributed by atoms with van der Waals surface area (Å²) in [6, 6.07) is 3.08. The minimum Gasteiger partial charge on any atom is -0.361 e. The van der Waals surface area contributed by atoms with Gasteiger partial charge in [-0.15, -0.1) is 11.3 Å². The number of carbonyl (C=O) groups excluding carboxylic acids is 2. The fraction of sp³-hybridized carbons (Fsp3) is 0.438. The number of nitrogens with zero attached hydrogens (tertiary/aromatic N) is 2. The van der Waals surface area contributed by atoms with Gasteiger partial charge in [-0.05, 0) is 38.3 Å². The van der Waals surface area contributed by atoms with Crippen LogP contribution in [0, 0.1) is 0 Å². The van der Waals surface area contributed by atoms with Crippen LogP contribution in [0.3, 0.4) is 0 Å². The predicted molar refractivity (Wildman–Crippen MR) is 88.9 cm³/mol. The highest BCUT2D eigenvalue weighted by molar-refractivity contribution is 7.16. The average Bonchev–Trinajstić information content (AvgIpc) is 3.23. The van der Waals surface area contributed by atoms with E-state index >= 15 is 0 Å². The molecule has 1 N–H and O–H groups in total. The Balaban J connectivity index is 1.61. The Hall–Kier alpha value is -1.86. The van der Waals surface area contributed by atoms with Crippen molar-refractivity contribution < 1.29 is 14.1 Å². The highest BCUT2D eigenvalue weighted by Gasteiger charge is 2.50. The van der Waals surface area contributed by atoms with Gasteiger partial charge in [0.1, 0.15) is 11.5 Å². The second-order valence-corrected chi connectivity index (χ2v) is 8.00. The van der Waals surface area contributed by atoms with E-state index in [0.29, 0.717) is 10.0 Å². The van der Waals surface area contributed by atoms with Crippen molar-refractivity contribution in [3.8, 4) is 0 Å². The lowest BCUT2D eigenvalue weighted by Crippen LogP contribution is -2.40. The Bertz CT molecular complexity index is 830. The summed E-state index contributed by atoms with van der Waals surface area (Å²) in [5.74, 6) is 0.592. The summed E-state index contributed by atoms with van der Waals surface area (Å²) < 4.78 is 5.95. The minimum atomic E-state index is -1.08. The van der Waals surface area contributed by atoms with Crippen LogP contribution in [-0.4, -0.2) is 22.0 Å². The van der Waals surface area contributed by atoms with Crippen LogP contribution in [-0.2, 0) is 29.7 Å². The van der Waals surface area contributed by atoms with E-state index in [4.69, 9.17) is 16.1 Å². The van der Waals surface area contributed by atoms with E-state index in [2.05, 4.69) is 10.5 Å². The number of imide groups is 1. The standard InChI is InChI=1S/C16H16ClN3O3S/c1-16(12-6-7-13(17)24-12)14(21)20(15(22)18-16)8-10-9-4-2-3-5-11(9)23-19-10/h6-7H,2-5,8H2,1H3,(H,18,22). The van der Waals surface area contributed by atoms with Crippen molar-refractivity contribution in [3.05, 3.63) is 38.4 Å². The summed E-state index contributed by atoms with van der Waals surface area (Å²) in [5.41, 5.74) is 0.648. The van der Waals surface area contributed by atoms with E-state index in [1.54, 1.807) is 19.1 Å². The average molecular weight is 366 g/mol. The van der Waals surface area contributed by atoms with Gasteiger partial charge in [-0.1, -0.05) is 16.8 Å². The quantitative estimate of drug-likeness (QED) is 0.847. The number of halogens is 1. The maximum Gasteiger partial charge on any atom is 0.325 e. The maximum absolute atomic E-state index is 12.9. The highest BCUT2D eigenvalue weighted by atomic mass is 35.5. The topological polar surface area (TPSA) is 75.4 Å². The van der Waals surface area contributed by atoms with Crippen molar-refractivity contribution in [1.29, 1.82) is 0 Å². The molecule has 2 aliphatic rings. The summed E-state index contributed by atoms with van der Waals surface area (Å²) in [5, 5.41) is 6.87. The maximum atomic E-state index is 12.9. The number of carbonyl (C=O) groups is 2. The molecule has 0 bridgehead atoms. The molecule has 1 atom stereocenters. The first-order valence-electron chi connectivity index (χ1n) is 7.85. The normalized spacial score (nSPS) is 23.5. The van der Waals surface area contributed by atoms with Gasteiger partial charge in [-0.2, -0.15) is 0 Å². The Morgan fingerprint density at radius 1 is 1.38 bits per heavy atom. The first kappa shape index (κ1) is 15.7. The molecule has 0 aromatic carbocycles. The first-order valence-corrected chi connectivity index (χ1v) is 9.05. The van der Waals surface area contributed by atoms with Crippen molar-refractivity contribution in [1.82, 2.24) is 15.4 Å². The molecular formula is C16H16ClN3O3S. The molecule has 6 nitrogen and oxygen atoms in total. The Labute approximate surface area is 147 Å². The largest absolute Gasteiger partial charge is 0.361 e. The van der Waals surface area contributed by atoms with Gasteiger partial charge in [0.25, 0.3) is 5.91 Å². The number of hydrogen-bond donors (Lipinski definition) is 1. The molecule has 3 heterocycles. The van der Waals surface area contributed by atoms with E-state index in [1.165, 1.54) is 16.2 Å². The molecular weight excluding hydrogens is 350 g/mol. The molecule has 1 saturated heterocycles. The molecule has 8 heteroatoms. The van der Waals surface area contributed by atoms with Crippen molar-refractivity contribution in [2.75, 3.05) is 0 Å². The molecule has 126 valence electrons. The number of nitrogens with one attached hydrogen (secondary N) is 1. The molecule has 1 unspecified atom stereocenters.